The molecule has 0 radical (unpaired) electrons. The van der Waals surface area contributed by atoms with Crippen LogP contribution in [0.3, 0.4) is 0 Å². The molecule has 0 bridgehead atoms. The van der Waals surface area contributed by atoms with Crippen LogP contribution in [0, 0.1) is 0 Å². The average molecular weight is 329 g/mol. The second-order valence-corrected chi connectivity index (χ2v) is 6.33. The molecule has 8 heteroatoms. The molecule has 1 aliphatic rings. The minimum atomic E-state index is -0.209. The van der Waals surface area contributed by atoms with Gasteiger partial charge in [-0.3, -0.25) is 4.79 Å². The molecule has 3 aromatic rings. The lowest BCUT2D eigenvalue weighted by molar-refractivity contribution is 0.0933. The Bertz CT molecular complexity index is 836. The monoisotopic (exact) mass is 329 g/mol. The molecule has 4 heterocycles. The van der Waals surface area contributed by atoms with Gasteiger partial charge in [0.2, 0.25) is 0 Å². The largest absolute Gasteiger partial charge is 0.472 e. The van der Waals surface area contributed by atoms with Gasteiger partial charge in [-0.25, -0.2) is 4.98 Å². The van der Waals surface area contributed by atoms with Crippen molar-refractivity contribution < 1.29 is 9.21 Å². The lowest BCUT2D eigenvalue weighted by Crippen LogP contribution is -2.28. The van der Waals surface area contributed by atoms with Crippen LogP contribution in [0.4, 0.5) is 0 Å². The molecule has 3 aromatic heterocycles. The van der Waals surface area contributed by atoms with Crippen molar-refractivity contribution in [3.8, 4) is 10.6 Å². The van der Waals surface area contributed by atoms with E-state index in [2.05, 4.69) is 25.1 Å². The zero-order valence-corrected chi connectivity index (χ0v) is 13.3. The number of nitrogens with one attached hydrogen (secondary N) is 1. The van der Waals surface area contributed by atoms with E-state index >= 15 is 0 Å². The Labute approximate surface area is 136 Å². The number of fused-ring (bicyclic) bond motifs is 1. The van der Waals surface area contributed by atoms with Gasteiger partial charge < -0.3 is 14.3 Å². The fourth-order valence-electron chi connectivity index (χ4n) is 2.73. The van der Waals surface area contributed by atoms with Gasteiger partial charge in [0.25, 0.3) is 5.91 Å². The van der Waals surface area contributed by atoms with E-state index in [0.717, 1.165) is 41.6 Å². The third-order valence-electron chi connectivity index (χ3n) is 3.88. The molecule has 0 unspecified atom stereocenters. The molecule has 118 valence electrons. The van der Waals surface area contributed by atoms with Gasteiger partial charge in [0.15, 0.2) is 5.82 Å². The summed E-state index contributed by atoms with van der Waals surface area (Å²) in [6, 6.07) is 1.61. The van der Waals surface area contributed by atoms with E-state index in [9.17, 15) is 4.79 Å². The predicted octanol–water partition coefficient (Wildman–Crippen LogP) is 2.43. The van der Waals surface area contributed by atoms with Crippen molar-refractivity contribution in [3.63, 3.8) is 0 Å². The molecule has 1 aliphatic heterocycles. The number of aryl methyl sites for hydroxylation is 1. The minimum Gasteiger partial charge on any atom is -0.472 e. The number of nitrogens with zero attached hydrogens (tertiary/aromatic N) is 4. The average Bonchev–Trinajstić information content (AvgIpc) is 3.28. The van der Waals surface area contributed by atoms with Crippen LogP contribution in [0.15, 0.2) is 28.4 Å². The van der Waals surface area contributed by atoms with E-state index in [1.54, 1.807) is 17.9 Å². The van der Waals surface area contributed by atoms with Crippen molar-refractivity contribution in [2.45, 2.75) is 32.4 Å². The van der Waals surface area contributed by atoms with Gasteiger partial charge in [0.05, 0.1) is 12.3 Å². The summed E-state index contributed by atoms with van der Waals surface area (Å²) < 4.78 is 7.13. The molecular weight excluding hydrogens is 314 g/mol. The molecule has 0 fully saturated rings. The van der Waals surface area contributed by atoms with Crippen molar-refractivity contribution >= 4 is 17.2 Å². The smallest absolute Gasteiger partial charge is 0.271 e. The summed E-state index contributed by atoms with van der Waals surface area (Å²) in [5.74, 6) is 1.59. The standard InChI is InChI=1S/C15H15N5O2S/c1-9(13-19-18-12-3-2-5-20(12)13)16-14(21)11-8-23-15(17-11)10-4-6-22-7-10/h4,6-9H,2-3,5H2,1H3,(H,16,21)/t9-/m0/s1. The summed E-state index contributed by atoms with van der Waals surface area (Å²) in [4.78, 5) is 16.7. The Balaban J connectivity index is 1.49. The molecule has 1 amide bonds. The number of rotatable bonds is 4. The van der Waals surface area contributed by atoms with Crippen molar-refractivity contribution in [2.75, 3.05) is 0 Å². The summed E-state index contributed by atoms with van der Waals surface area (Å²) >= 11 is 1.42. The van der Waals surface area contributed by atoms with Crippen LogP contribution < -0.4 is 5.32 Å². The summed E-state index contributed by atoms with van der Waals surface area (Å²) in [5, 5.41) is 13.8. The first-order valence-corrected chi connectivity index (χ1v) is 8.31. The summed E-state index contributed by atoms with van der Waals surface area (Å²) in [6.45, 7) is 2.83. The number of hydrogen-bond acceptors (Lipinski definition) is 6. The zero-order chi connectivity index (χ0) is 15.8. The molecule has 1 atom stereocenters. The Morgan fingerprint density at radius 3 is 3.22 bits per heavy atom. The number of carbonyl (C=O) groups is 1. The number of furan rings is 1. The van der Waals surface area contributed by atoms with Gasteiger partial charge in [0, 0.05) is 23.9 Å². The van der Waals surface area contributed by atoms with E-state index in [-0.39, 0.29) is 11.9 Å². The van der Waals surface area contributed by atoms with Gasteiger partial charge in [-0.15, -0.1) is 21.5 Å². The van der Waals surface area contributed by atoms with Crippen LogP contribution in [0.25, 0.3) is 10.6 Å². The third-order valence-corrected chi connectivity index (χ3v) is 4.77. The molecule has 4 rings (SSSR count). The van der Waals surface area contributed by atoms with E-state index in [0.29, 0.717) is 5.69 Å². The minimum absolute atomic E-state index is 0.207. The van der Waals surface area contributed by atoms with Gasteiger partial charge in [-0.05, 0) is 19.4 Å². The number of hydrogen-bond donors (Lipinski definition) is 1. The highest BCUT2D eigenvalue weighted by Gasteiger charge is 2.23. The van der Waals surface area contributed by atoms with Gasteiger partial charge >= 0.3 is 0 Å². The predicted molar refractivity (Wildman–Crippen MR) is 84.0 cm³/mol. The Morgan fingerprint density at radius 1 is 1.48 bits per heavy atom. The lowest BCUT2D eigenvalue weighted by Gasteiger charge is -2.12. The number of aromatic nitrogens is 4. The SMILES string of the molecule is C[C@H](NC(=O)c1csc(-c2ccoc2)n1)c1nnc2n1CCC2. The number of carbonyl (C=O) groups excluding carboxylic acids is 1. The fraction of sp³-hybridized carbons (Fsp3) is 0.333. The van der Waals surface area contributed by atoms with Crippen LogP contribution in [0.2, 0.25) is 0 Å². The van der Waals surface area contributed by atoms with E-state index in [1.807, 2.05) is 13.0 Å². The molecule has 0 saturated heterocycles. The first-order chi connectivity index (χ1) is 11.2. The maximum Gasteiger partial charge on any atom is 0.271 e. The normalized spacial score (nSPS) is 14.7. The lowest BCUT2D eigenvalue weighted by atomic mass is 10.3. The van der Waals surface area contributed by atoms with Crippen LogP contribution in [0.5, 0.6) is 0 Å². The van der Waals surface area contributed by atoms with Crippen molar-refractivity contribution in [1.82, 2.24) is 25.1 Å². The first-order valence-electron chi connectivity index (χ1n) is 7.43. The van der Waals surface area contributed by atoms with Crippen LogP contribution in [0.1, 0.15) is 41.5 Å². The van der Waals surface area contributed by atoms with Gasteiger partial charge in [-0.2, -0.15) is 0 Å². The van der Waals surface area contributed by atoms with Gasteiger partial charge in [0.1, 0.15) is 22.8 Å². The Kier molecular flexibility index (Phi) is 3.45. The molecule has 7 nitrogen and oxygen atoms in total. The molecule has 1 N–H and O–H groups in total. The summed E-state index contributed by atoms with van der Waals surface area (Å²) in [5.41, 5.74) is 1.27. The van der Waals surface area contributed by atoms with Crippen LogP contribution in [-0.4, -0.2) is 25.7 Å². The van der Waals surface area contributed by atoms with Crippen LogP contribution >= 0.6 is 11.3 Å². The quantitative estimate of drug-likeness (QED) is 0.794. The van der Waals surface area contributed by atoms with Crippen molar-refractivity contribution in [3.05, 3.63) is 41.3 Å². The molecule has 0 aromatic carbocycles. The van der Waals surface area contributed by atoms with Crippen molar-refractivity contribution in [1.29, 1.82) is 0 Å². The van der Waals surface area contributed by atoms with E-state index in [1.165, 1.54) is 11.3 Å². The summed E-state index contributed by atoms with van der Waals surface area (Å²) in [7, 11) is 0. The second kappa shape index (κ2) is 5.62. The fourth-order valence-corrected chi connectivity index (χ4v) is 3.51. The maximum absolute atomic E-state index is 12.4. The molecule has 0 spiro atoms. The Morgan fingerprint density at radius 2 is 2.39 bits per heavy atom. The van der Waals surface area contributed by atoms with E-state index < -0.39 is 0 Å². The second-order valence-electron chi connectivity index (χ2n) is 5.47. The highest BCUT2D eigenvalue weighted by molar-refractivity contribution is 7.13. The zero-order valence-electron chi connectivity index (χ0n) is 12.5. The topological polar surface area (TPSA) is 85.8 Å². The number of amides is 1. The molecule has 23 heavy (non-hydrogen) atoms. The maximum atomic E-state index is 12.4. The Hall–Kier alpha value is -2.48. The van der Waals surface area contributed by atoms with Crippen LogP contribution in [-0.2, 0) is 13.0 Å². The molecule has 0 saturated carbocycles. The molecule has 0 aliphatic carbocycles. The molecular formula is C15H15N5O2S. The summed E-state index contributed by atoms with van der Waals surface area (Å²) in [6.07, 6.45) is 5.24. The van der Waals surface area contributed by atoms with E-state index in [4.69, 9.17) is 4.42 Å². The van der Waals surface area contributed by atoms with Crippen molar-refractivity contribution in [2.24, 2.45) is 0 Å². The first kappa shape index (κ1) is 14.1. The highest BCUT2D eigenvalue weighted by Crippen LogP contribution is 2.24. The third kappa shape index (κ3) is 2.55. The number of thiazole rings is 1. The van der Waals surface area contributed by atoms with Gasteiger partial charge in [-0.1, -0.05) is 0 Å². The highest BCUT2D eigenvalue weighted by atomic mass is 32.1.